The van der Waals surface area contributed by atoms with Crippen LogP contribution in [0.1, 0.15) is 6.42 Å². The average Bonchev–Trinajstić information content (AvgIpc) is 2.21. The molecule has 0 amide bonds. The van der Waals surface area contributed by atoms with Gasteiger partial charge in [0.2, 0.25) is 0 Å². The van der Waals surface area contributed by atoms with Crippen LogP contribution in [0, 0.1) is 0 Å². The first kappa shape index (κ1) is 11.3. The number of nitrogens with two attached hydrogens (primary N) is 1. The summed E-state index contributed by atoms with van der Waals surface area (Å²) in [5, 5.41) is 3.27. The van der Waals surface area contributed by atoms with Crippen molar-refractivity contribution in [1.29, 1.82) is 0 Å². The zero-order valence-electron chi connectivity index (χ0n) is 8.22. The van der Waals surface area contributed by atoms with Gasteiger partial charge < -0.3 is 15.8 Å². The number of methoxy groups -OCH3 is 1. The van der Waals surface area contributed by atoms with Gasteiger partial charge in [0.15, 0.2) is 0 Å². The molecule has 3 N–H and O–H groups in total. The number of ether oxygens (including phenoxy) is 1. The van der Waals surface area contributed by atoms with E-state index in [-0.39, 0.29) is 0 Å². The molecule has 0 spiro atoms. The molecule has 0 saturated carbocycles. The van der Waals surface area contributed by atoms with Gasteiger partial charge in [-0.2, -0.15) is 0 Å². The second-order valence-electron chi connectivity index (χ2n) is 2.92. The van der Waals surface area contributed by atoms with E-state index in [4.69, 9.17) is 10.5 Å². The predicted octanol–water partition coefficient (Wildman–Crippen LogP) is 2.22. The summed E-state index contributed by atoms with van der Waals surface area (Å²) in [5.41, 5.74) is 6.45. The predicted molar refractivity (Wildman–Crippen MR) is 62.9 cm³/mol. The highest BCUT2D eigenvalue weighted by molar-refractivity contribution is 9.10. The van der Waals surface area contributed by atoms with Crippen molar-refractivity contribution in [3.05, 3.63) is 22.7 Å². The number of halogens is 1. The second-order valence-corrected chi connectivity index (χ2v) is 3.77. The number of hydrogen-bond acceptors (Lipinski definition) is 3. The van der Waals surface area contributed by atoms with Crippen LogP contribution in [0.4, 0.5) is 5.69 Å². The van der Waals surface area contributed by atoms with Crippen LogP contribution < -0.4 is 15.8 Å². The van der Waals surface area contributed by atoms with Crippen molar-refractivity contribution in [1.82, 2.24) is 0 Å². The first-order valence-corrected chi connectivity index (χ1v) is 5.34. The van der Waals surface area contributed by atoms with Gasteiger partial charge >= 0.3 is 0 Å². The first-order chi connectivity index (χ1) is 6.77. The Labute approximate surface area is 92.8 Å². The molecule has 0 heterocycles. The molecule has 0 radical (unpaired) electrons. The van der Waals surface area contributed by atoms with Gasteiger partial charge in [-0.25, -0.2) is 0 Å². The summed E-state index contributed by atoms with van der Waals surface area (Å²) >= 11 is 3.40. The van der Waals surface area contributed by atoms with E-state index in [1.807, 2.05) is 18.2 Å². The van der Waals surface area contributed by atoms with Crippen molar-refractivity contribution in [2.45, 2.75) is 6.42 Å². The molecule has 0 bridgehead atoms. The molecule has 4 heteroatoms. The topological polar surface area (TPSA) is 47.3 Å². The van der Waals surface area contributed by atoms with Crippen LogP contribution >= 0.6 is 15.9 Å². The van der Waals surface area contributed by atoms with Gasteiger partial charge in [0.05, 0.1) is 11.6 Å². The Morgan fingerprint density at radius 3 is 2.93 bits per heavy atom. The maximum atomic E-state index is 5.40. The molecule has 0 aliphatic rings. The Morgan fingerprint density at radius 1 is 1.50 bits per heavy atom. The Morgan fingerprint density at radius 2 is 2.29 bits per heavy atom. The molecule has 0 unspecified atom stereocenters. The molecule has 1 aromatic carbocycles. The SMILES string of the molecule is COc1cc(NCCCN)ccc1Br. The molecule has 0 fully saturated rings. The van der Waals surface area contributed by atoms with E-state index in [1.54, 1.807) is 7.11 Å². The van der Waals surface area contributed by atoms with E-state index < -0.39 is 0 Å². The standard InChI is InChI=1S/C10H15BrN2O/c1-14-10-7-8(3-4-9(10)11)13-6-2-5-12/h3-4,7,13H,2,5-6,12H2,1H3. The quantitative estimate of drug-likeness (QED) is 0.797. The van der Waals surface area contributed by atoms with E-state index >= 15 is 0 Å². The molecular weight excluding hydrogens is 244 g/mol. The molecule has 0 aromatic heterocycles. The highest BCUT2D eigenvalue weighted by Gasteiger charge is 2.00. The molecule has 14 heavy (non-hydrogen) atoms. The van der Waals surface area contributed by atoms with E-state index in [0.717, 1.165) is 28.9 Å². The van der Waals surface area contributed by atoms with E-state index in [0.29, 0.717) is 6.54 Å². The molecule has 0 atom stereocenters. The van der Waals surface area contributed by atoms with Gasteiger partial charge in [0.25, 0.3) is 0 Å². The summed E-state index contributed by atoms with van der Waals surface area (Å²) in [7, 11) is 1.66. The fraction of sp³-hybridized carbons (Fsp3) is 0.400. The highest BCUT2D eigenvalue weighted by atomic mass is 79.9. The van der Waals surface area contributed by atoms with Crippen LogP contribution in [0.15, 0.2) is 22.7 Å². The van der Waals surface area contributed by atoms with Crippen molar-refractivity contribution >= 4 is 21.6 Å². The molecule has 0 aliphatic heterocycles. The lowest BCUT2D eigenvalue weighted by atomic mass is 10.3. The summed E-state index contributed by atoms with van der Waals surface area (Å²) in [5.74, 6) is 0.836. The number of rotatable bonds is 5. The Bertz CT molecular complexity index is 291. The third-order valence-corrected chi connectivity index (χ3v) is 2.52. The largest absolute Gasteiger partial charge is 0.495 e. The fourth-order valence-electron chi connectivity index (χ4n) is 1.10. The van der Waals surface area contributed by atoms with Crippen molar-refractivity contribution in [2.75, 3.05) is 25.5 Å². The smallest absolute Gasteiger partial charge is 0.135 e. The number of hydrogen-bond donors (Lipinski definition) is 2. The molecule has 3 nitrogen and oxygen atoms in total. The van der Waals surface area contributed by atoms with Crippen LogP contribution in [-0.2, 0) is 0 Å². The number of nitrogens with one attached hydrogen (secondary N) is 1. The van der Waals surface area contributed by atoms with E-state index in [9.17, 15) is 0 Å². The van der Waals surface area contributed by atoms with Crippen LogP contribution in [0.25, 0.3) is 0 Å². The monoisotopic (exact) mass is 258 g/mol. The Kier molecular flexibility index (Phi) is 4.76. The average molecular weight is 259 g/mol. The summed E-state index contributed by atoms with van der Waals surface area (Å²) in [6.45, 7) is 1.60. The lowest BCUT2D eigenvalue weighted by molar-refractivity contribution is 0.412. The molecule has 0 saturated heterocycles. The molecule has 1 rings (SSSR count). The second kappa shape index (κ2) is 5.88. The number of benzene rings is 1. The van der Waals surface area contributed by atoms with Crippen LogP contribution in [-0.4, -0.2) is 20.2 Å². The lowest BCUT2D eigenvalue weighted by Gasteiger charge is -2.08. The van der Waals surface area contributed by atoms with Gasteiger partial charge in [-0.1, -0.05) is 0 Å². The van der Waals surface area contributed by atoms with Gasteiger partial charge in [-0.05, 0) is 41.0 Å². The first-order valence-electron chi connectivity index (χ1n) is 4.55. The van der Waals surface area contributed by atoms with Gasteiger partial charge in [0, 0.05) is 18.3 Å². The van der Waals surface area contributed by atoms with E-state index in [2.05, 4.69) is 21.2 Å². The van der Waals surface area contributed by atoms with Crippen LogP contribution in [0.5, 0.6) is 5.75 Å². The summed E-state index contributed by atoms with van der Waals surface area (Å²) < 4.78 is 6.14. The van der Waals surface area contributed by atoms with Crippen molar-refractivity contribution in [2.24, 2.45) is 5.73 Å². The summed E-state index contributed by atoms with van der Waals surface area (Å²) in [6, 6.07) is 5.92. The van der Waals surface area contributed by atoms with Gasteiger partial charge in [-0.15, -0.1) is 0 Å². The van der Waals surface area contributed by atoms with Gasteiger partial charge in [0.1, 0.15) is 5.75 Å². The molecular formula is C10H15BrN2O. The number of anilines is 1. The minimum absolute atomic E-state index is 0.709. The zero-order valence-corrected chi connectivity index (χ0v) is 9.80. The third-order valence-electron chi connectivity index (χ3n) is 1.86. The molecule has 1 aromatic rings. The molecule has 78 valence electrons. The van der Waals surface area contributed by atoms with E-state index in [1.165, 1.54) is 0 Å². The Balaban J connectivity index is 2.60. The lowest BCUT2D eigenvalue weighted by Crippen LogP contribution is -2.08. The van der Waals surface area contributed by atoms with Crippen LogP contribution in [0.3, 0.4) is 0 Å². The minimum Gasteiger partial charge on any atom is -0.495 e. The summed E-state index contributed by atoms with van der Waals surface area (Å²) in [6.07, 6.45) is 0.971. The highest BCUT2D eigenvalue weighted by Crippen LogP contribution is 2.27. The van der Waals surface area contributed by atoms with Crippen molar-refractivity contribution < 1.29 is 4.74 Å². The zero-order chi connectivity index (χ0) is 10.4. The van der Waals surface area contributed by atoms with Gasteiger partial charge in [-0.3, -0.25) is 0 Å². The normalized spacial score (nSPS) is 9.93. The minimum atomic E-state index is 0.709. The van der Waals surface area contributed by atoms with Crippen molar-refractivity contribution in [3.8, 4) is 5.75 Å². The third kappa shape index (κ3) is 3.20. The molecule has 0 aliphatic carbocycles. The fourth-order valence-corrected chi connectivity index (χ4v) is 1.51. The Hall–Kier alpha value is -0.740. The maximum absolute atomic E-state index is 5.40. The summed E-state index contributed by atoms with van der Waals surface area (Å²) in [4.78, 5) is 0. The maximum Gasteiger partial charge on any atom is 0.135 e. The van der Waals surface area contributed by atoms with Crippen molar-refractivity contribution in [3.63, 3.8) is 0 Å². The van der Waals surface area contributed by atoms with Crippen LogP contribution in [0.2, 0.25) is 0 Å².